The van der Waals surface area contributed by atoms with Crippen molar-refractivity contribution in [3.63, 3.8) is 0 Å². The number of anilines is 1. The van der Waals surface area contributed by atoms with Crippen LogP contribution in [0, 0.1) is 5.82 Å². The molecule has 2 aliphatic heterocycles. The number of likely N-dealkylation sites (N-methyl/N-ethyl adjacent to an activating group) is 1. The van der Waals surface area contributed by atoms with Crippen molar-refractivity contribution < 1.29 is 18.4 Å². The Labute approximate surface area is 201 Å². The van der Waals surface area contributed by atoms with Crippen molar-refractivity contribution in [3.05, 3.63) is 76.3 Å². The van der Waals surface area contributed by atoms with Crippen molar-refractivity contribution in [2.45, 2.75) is 18.9 Å². The quantitative estimate of drug-likeness (QED) is 0.513. The summed E-state index contributed by atoms with van der Waals surface area (Å²) in [5, 5.41) is 6.16. The minimum absolute atomic E-state index is 0.0816. The van der Waals surface area contributed by atoms with E-state index in [1.54, 1.807) is 36.4 Å². The molecule has 1 fully saturated rings. The maximum Gasteiger partial charge on any atom is 0.256 e. The molecule has 0 spiro atoms. The zero-order chi connectivity index (χ0) is 23.8. The second kappa shape index (κ2) is 9.08. The highest BCUT2D eigenvalue weighted by Crippen LogP contribution is 2.35. The van der Waals surface area contributed by atoms with Gasteiger partial charge in [-0.15, -0.1) is 0 Å². The van der Waals surface area contributed by atoms with Gasteiger partial charge in [0, 0.05) is 29.4 Å². The van der Waals surface area contributed by atoms with E-state index in [-0.39, 0.29) is 17.9 Å². The van der Waals surface area contributed by atoms with Crippen LogP contribution in [0.1, 0.15) is 34.5 Å². The van der Waals surface area contributed by atoms with Gasteiger partial charge in [0.15, 0.2) is 0 Å². The first-order chi connectivity index (χ1) is 16.4. The predicted octanol–water partition coefficient (Wildman–Crippen LogP) is 5.06. The summed E-state index contributed by atoms with van der Waals surface area (Å²) in [5.41, 5.74) is 2.43. The first-order valence-electron chi connectivity index (χ1n) is 11.1. The van der Waals surface area contributed by atoms with Crippen LogP contribution in [0.4, 0.5) is 10.1 Å². The fourth-order valence-corrected chi connectivity index (χ4v) is 4.63. The molecule has 1 aromatic heterocycles. The largest absolute Gasteiger partial charge is 0.457 e. The molecule has 0 radical (unpaired) electrons. The first-order valence-corrected chi connectivity index (χ1v) is 11.5. The highest BCUT2D eigenvalue weighted by Gasteiger charge is 2.25. The Bertz CT molecular complexity index is 1320. The van der Waals surface area contributed by atoms with Gasteiger partial charge in [-0.1, -0.05) is 11.6 Å². The van der Waals surface area contributed by atoms with E-state index < -0.39 is 5.82 Å². The van der Waals surface area contributed by atoms with Crippen LogP contribution in [0.5, 0.6) is 0 Å². The summed E-state index contributed by atoms with van der Waals surface area (Å²) in [6.45, 7) is 1.83. The van der Waals surface area contributed by atoms with Crippen molar-refractivity contribution in [1.29, 1.82) is 0 Å². The van der Waals surface area contributed by atoms with Crippen LogP contribution in [0.3, 0.4) is 0 Å². The van der Waals surface area contributed by atoms with E-state index in [4.69, 9.17) is 16.0 Å². The van der Waals surface area contributed by atoms with Gasteiger partial charge in [-0.2, -0.15) is 0 Å². The molecule has 1 atom stereocenters. The standard InChI is InChI=1S/C26H23ClFN3O3/c1-31-10-2-3-17(14-31)29-26(33)21-11-15(4-7-22(21)27)24-9-6-18(34-24)13-20-19-12-16(28)5-8-23(19)30-25(20)32/h4-9,11-13,17H,2-3,10,14H2,1H3,(H,29,33)(H,30,32)/b20-13+. The average Bonchev–Trinajstić information content (AvgIpc) is 3.39. The molecule has 8 heteroatoms. The molecule has 1 saturated heterocycles. The number of nitrogens with one attached hydrogen (secondary N) is 2. The topological polar surface area (TPSA) is 74.6 Å². The molecule has 3 aromatic rings. The van der Waals surface area contributed by atoms with Crippen LogP contribution in [0.15, 0.2) is 52.9 Å². The SMILES string of the molecule is CN1CCCC(NC(=O)c2cc(-c3ccc(/C=C4/C(=O)Nc5ccc(F)cc54)o3)ccc2Cl)C1. The lowest BCUT2D eigenvalue weighted by Crippen LogP contribution is -2.46. The van der Waals surface area contributed by atoms with E-state index in [1.807, 2.05) is 7.05 Å². The summed E-state index contributed by atoms with van der Waals surface area (Å²) in [4.78, 5) is 27.5. The summed E-state index contributed by atoms with van der Waals surface area (Å²) in [6.07, 6.45) is 3.55. The van der Waals surface area contributed by atoms with E-state index in [0.717, 1.165) is 25.9 Å². The highest BCUT2D eigenvalue weighted by molar-refractivity contribution is 6.35. The lowest BCUT2D eigenvalue weighted by Gasteiger charge is -2.30. The fourth-order valence-electron chi connectivity index (χ4n) is 4.43. The minimum Gasteiger partial charge on any atom is -0.457 e. The average molecular weight is 480 g/mol. The molecule has 0 aliphatic carbocycles. The molecular weight excluding hydrogens is 457 g/mol. The maximum atomic E-state index is 13.7. The van der Waals surface area contributed by atoms with Gasteiger partial charge in [-0.3, -0.25) is 9.59 Å². The maximum absolute atomic E-state index is 13.7. The number of halogens is 2. The molecule has 2 aliphatic rings. The molecule has 3 heterocycles. The van der Waals surface area contributed by atoms with E-state index >= 15 is 0 Å². The van der Waals surface area contributed by atoms with Crippen LogP contribution in [0.25, 0.3) is 23.0 Å². The summed E-state index contributed by atoms with van der Waals surface area (Å²) in [5.74, 6) is -0.0101. The second-order valence-electron chi connectivity index (χ2n) is 8.67. The second-order valence-corrected chi connectivity index (χ2v) is 9.08. The molecule has 2 aromatic carbocycles. The normalized spacial score (nSPS) is 19.2. The lowest BCUT2D eigenvalue weighted by atomic mass is 10.0. The molecule has 34 heavy (non-hydrogen) atoms. The number of hydrogen-bond donors (Lipinski definition) is 2. The molecule has 2 N–H and O–H groups in total. The van der Waals surface area contributed by atoms with Gasteiger partial charge in [-0.25, -0.2) is 4.39 Å². The van der Waals surface area contributed by atoms with Crippen LogP contribution >= 0.6 is 11.6 Å². The molecule has 1 unspecified atom stereocenters. The highest BCUT2D eigenvalue weighted by atomic mass is 35.5. The fraction of sp³-hybridized carbons (Fsp3) is 0.231. The first kappa shape index (κ1) is 22.4. The summed E-state index contributed by atoms with van der Waals surface area (Å²) >= 11 is 6.33. The summed E-state index contributed by atoms with van der Waals surface area (Å²) in [6, 6.07) is 12.9. The van der Waals surface area contributed by atoms with Gasteiger partial charge in [-0.05, 0) is 81.0 Å². The number of piperidine rings is 1. The van der Waals surface area contributed by atoms with E-state index in [2.05, 4.69) is 15.5 Å². The molecular formula is C26H23ClFN3O3. The van der Waals surface area contributed by atoms with Crippen molar-refractivity contribution in [3.8, 4) is 11.3 Å². The van der Waals surface area contributed by atoms with E-state index in [9.17, 15) is 14.0 Å². The van der Waals surface area contributed by atoms with Crippen LogP contribution in [-0.2, 0) is 4.79 Å². The molecule has 6 nitrogen and oxygen atoms in total. The number of nitrogens with zero attached hydrogens (tertiary/aromatic N) is 1. The number of rotatable bonds is 4. The zero-order valence-corrected chi connectivity index (χ0v) is 19.3. The Hall–Kier alpha value is -3.42. The van der Waals surface area contributed by atoms with Crippen LogP contribution < -0.4 is 10.6 Å². The molecule has 174 valence electrons. The van der Waals surface area contributed by atoms with Crippen LogP contribution in [-0.4, -0.2) is 42.9 Å². The van der Waals surface area contributed by atoms with Gasteiger partial charge < -0.3 is 20.0 Å². The zero-order valence-electron chi connectivity index (χ0n) is 18.5. The Morgan fingerprint density at radius 2 is 2.09 bits per heavy atom. The number of benzene rings is 2. The third kappa shape index (κ3) is 4.49. The van der Waals surface area contributed by atoms with Gasteiger partial charge in [0.1, 0.15) is 17.3 Å². The Morgan fingerprint density at radius 1 is 1.24 bits per heavy atom. The number of hydrogen-bond acceptors (Lipinski definition) is 4. The summed E-state index contributed by atoms with van der Waals surface area (Å²) in [7, 11) is 2.04. The number of furan rings is 1. The number of carbonyl (C=O) groups is 2. The van der Waals surface area contributed by atoms with Gasteiger partial charge in [0.25, 0.3) is 11.8 Å². The van der Waals surface area contributed by atoms with Crippen molar-refractivity contribution in [2.24, 2.45) is 0 Å². The van der Waals surface area contributed by atoms with Crippen LogP contribution in [0.2, 0.25) is 5.02 Å². The van der Waals surface area contributed by atoms with E-state index in [1.165, 1.54) is 18.2 Å². The number of fused-ring (bicyclic) bond motifs is 1. The van der Waals surface area contributed by atoms with Gasteiger partial charge in [0.2, 0.25) is 0 Å². The molecule has 0 saturated carbocycles. The third-order valence-electron chi connectivity index (χ3n) is 6.13. The Balaban J connectivity index is 1.39. The molecule has 0 bridgehead atoms. The number of carbonyl (C=O) groups excluding carboxylic acids is 2. The third-order valence-corrected chi connectivity index (χ3v) is 6.46. The predicted molar refractivity (Wildman–Crippen MR) is 130 cm³/mol. The van der Waals surface area contributed by atoms with Gasteiger partial charge in [0.05, 0.1) is 16.2 Å². The molecule has 2 amide bonds. The van der Waals surface area contributed by atoms with Crippen molar-refractivity contribution in [2.75, 3.05) is 25.5 Å². The minimum atomic E-state index is -0.423. The summed E-state index contributed by atoms with van der Waals surface area (Å²) < 4.78 is 19.6. The van der Waals surface area contributed by atoms with Crippen molar-refractivity contribution in [1.82, 2.24) is 10.2 Å². The molecule has 5 rings (SSSR count). The number of amides is 2. The van der Waals surface area contributed by atoms with Crippen molar-refractivity contribution >= 4 is 40.8 Å². The van der Waals surface area contributed by atoms with Gasteiger partial charge >= 0.3 is 0 Å². The van der Waals surface area contributed by atoms with E-state index in [0.29, 0.717) is 44.5 Å². The Morgan fingerprint density at radius 3 is 2.91 bits per heavy atom. The monoisotopic (exact) mass is 479 g/mol. The lowest BCUT2D eigenvalue weighted by molar-refractivity contribution is -0.110. The smallest absolute Gasteiger partial charge is 0.256 e. The number of likely N-dealkylation sites (tertiary alicyclic amines) is 1. The Kier molecular flexibility index (Phi) is 5.98.